The van der Waals surface area contributed by atoms with E-state index in [4.69, 9.17) is 23.2 Å². The molecule has 1 aliphatic heterocycles. The Balaban J connectivity index is 1.86. The number of carbonyl (C=O) groups excluding carboxylic acids is 1. The van der Waals surface area contributed by atoms with Crippen LogP contribution in [-0.2, 0) is 0 Å². The fraction of sp³-hybridized carbons (Fsp3) is 0.278. The number of benzene rings is 2. The van der Waals surface area contributed by atoms with Crippen LogP contribution in [0.15, 0.2) is 42.5 Å². The normalized spacial score (nSPS) is 14.6. The summed E-state index contributed by atoms with van der Waals surface area (Å²) in [4.78, 5) is 14.8. The fourth-order valence-electron chi connectivity index (χ4n) is 2.84. The molecule has 1 fully saturated rings. The highest BCUT2D eigenvalue weighted by molar-refractivity contribution is 6.31. The molecule has 0 unspecified atom stereocenters. The molecule has 0 radical (unpaired) electrons. The molecule has 1 heterocycles. The van der Waals surface area contributed by atoms with Gasteiger partial charge in [0.1, 0.15) is 0 Å². The van der Waals surface area contributed by atoms with Gasteiger partial charge in [-0.25, -0.2) is 0 Å². The molecule has 2 aromatic rings. The Morgan fingerprint density at radius 2 is 1.70 bits per heavy atom. The quantitative estimate of drug-likeness (QED) is 0.822. The average Bonchev–Trinajstić information content (AvgIpc) is 2.56. The van der Waals surface area contributed by atoms with Gasteiger partial charge in [0.05, 0.1) is 11.4 Å². The maximum absolute atomic E-state index is 12.5. The van der Waals surface area contributed by atoms with Crippen LogP contribution in [0.4, 0.5) is 11.4 Å². The van der Waals surface area contributed by atoms with Gasteiger partial charge < -0.3 is 10.2 Å². The van der Waals surface area contributed by atoms with Crippen molar-refractivity contribution in [2.75, 3.05) is 23.3 Å². The Morgan fingerprint density at radius 3 is 2.43 bits per heavy atom. The van der Waals surface area contributed by atoms with Crippen molar-refractivity contribution in [3.05, 3.63) is 58.1 Å². The van der Waals surface area contributed by atoms with Crippen molar-refractivity contribution in [1.29, 1.82) is 0 Å². The molecule has 3 nitrogen and oxygen atoms in total. The Kier molecular flexibility index (Phi) is 5.09. The minimum atomic E-state index is -0.187. The summed E-state index contributed by atoms with van der Waals surface area (Å²) in [5.74, 6) is -0.187. The molecule has 2 aromatic carbocycles. The van der Waals surface area contributed by atoms with E-state index >= 15 is 0 Å². The van der Waals surface area contributed by atoms with Gasteiger partial charge in [-0.2, -0.15) is 0 Å². The summed E-state index contributed by atoms with van der Waals surface area (Å²) in [6.07, 6.45) is 3.60. The fourth-order valence-corrected chi connectivity index (χ4v) is 3.21. The molecule has 0 saturated carbocycles. The molecule has 1 saturated heterocycles. The monoisotopic (exact) mass is 348 g/mol. The van der Waals surface area contributed by atoms with Gasteiger partial charge in [0.2, 0.25) is 0 Å². The first-order valence-corrected chi connectivity index (χ1v) is 8.50. The van der Waals surface area contributed by atoms with Crippen LogP contribution in [0, 0.1) is 0 Å². The number of rotatable bonds is 3. The smallest absolute Gasteiger partial charge is 0.255 e. The molecule has 3 rings (SSSR count). The summed E-state index contributed by atoms with van der Waals surface area (Å²) in [6.45, 7) is 2.00. The highest BCUT2D eigenvalue weighted by Crippen LogP contribution is 2.31. The lowest BCUT2D eigenvalue weighted by Gasteiger charge is -2.30. The minimum Gasteiger partial charge on any atom is -0.370 e. The van der Waals surface area contributed by atoms with Gasteiger partial charge in [-0.1, -0.05) is 29.3 Å². The van der Waals surface area contributed by atoms with Crippen molar-refractivity contribution in [1.82, 2.24) is 0 Å². The van der Waals surface area contributed by atoms with E-state index in [0.29, 0.717) is 15.6 Å². The molecule has 1 N–H and O–H groups in total. The predicted molar refractivity (Wildman–Crippen MR) is 96.9 cm³/mol. The van der Waals surface area contributed by atoms with Crippen LogP contribution in [-0.4, -0.2) is 19.0 Å². The van der Waals surface area contributed by atoms with E-state index in [1.54, 1.807) is 30.3 Å². The zero-order valence-electron chi connectivity index (χ0n) is 12.7. The van der Waals surface area contributed by atoms with Crippen LogP contribution in [0.5, 0.6) is 0 Å². The Hall–Kier alpha value is -1.71. The minimum absolute atomic E-state index is 0.187. The van der Waals surface area contributed by atoms with Crippen molar-refractivity contribution in [2.45, 2.75) is 19.3 Å². The lowest BCUT2D eigenvalue weighted by atomic mass is 10.1. The zero-order chi connectivity index (χ0) is 16.2. The van der Waals surface area contributed by atoms with E-state index in [2.05, 4.69) is 10.2 Å². The van der Waals surface area contributed by atoms with E-state index in [0.717, 1.165) is 24.5 Å². The van der Waals surface area contributed by atoms with Crippen LogP contribution in [0.3, 0.4) is 0 Å². The van der Waals surface area contributed by atoms with Gasteiger partial charge >= 0.3 is 0 Å². The van der Waals surface area contributed by atoms with Crippen molar-refractivity contribution >= 4 is 40.5 Å². The molecule has 0 aliphatic carbocycles. The number of amides is 1. The standard InChI is InChI=1S/C18H18Cl2N2O/c19-14-6-4-5-13(11-14)18(23)21-16-12-15(20)7-8-17(16)22-9-2-1-3-10-22/h4-8,11-12H,1-3,9-10H2,(H,21,23). The Morgan fingerprint density at radius 1 is 0.957 bits per heavy atom. The van der Waals surface area contributed by atoms with Crippen molar-refractivity contribution in [3.63, 3.8) is 0 Å². The first-order valence-electron chi connectivity index (χ1n) is 7.75. The van der Waals surface area contributed by atoms with E-state index in [9.17, 15) is 4.79 Å². The van der Waals surface area contributed by atoms with Gasteiger partial charge in [0, 0.05) is 28.7 Å². The topological polar surface area (TPSA) is 32.3 Å². The molecule has 0 bridgehead atoms. The summed E-state index contributed by atoms with van der Waals surface area (Å²) in [7, 11) is 0. The first kappa shape index (κ1) is 16.2. The number of nitrogens with zero attached hydrogens (tertiary/aromatic N) is 1. The van der Waals surface area contributed by atoms with Gasteiger partial charge in [-0.05, 0) is 55.7 Å². The molecule has 23 heavy (non-hydrogen) atoms. The molecule has 1 amide bonds. The van der Waals surface area contributed by atoms with Crippen LogP contribution in [0.1, 0.15) is 29.6 Å². The summed E-state index contributed by atoms with van der Waals surface area (Å²) in [6, 6.07) is 12.5. The highest BCUT2D eigenvalue weighted by Gasteiger charge is 2.17. The van der Waals surface area contributed by atoms with Gasteiger partial charge in [-0.3, -0.25) is 4.79 Å². The van der Waals surface area contributed by atoms with E-state index in [1.165, 1.54) is 19.3 Å². The number of anilines is 2. The Labute approximate surface area is 146 Å². The van der Waals surface area contributed by atoms with Crippen molar-refractivity contribution < 1.29 is 4.79 Å². The molecule has 0 aromatic heterocycles. The number of piperidine rings is 1. The van der Waals surface area contributed by atoms with Crippen LogP contribution in [0.25, 0.3) is 0 Å². The molecular formula is C18H18Cl2N2O. The predicted octanol–water partition coefficient (Wildman–Crippen LogP) is 5.24. The lowest BCUT2D eigenvalue weighted by Crippen LogP contribution is -2.30. The first-order chi connectivity index (χ1) is 11.1. The average molecular weight is 349 g/mol. The molecular weight excluding hydrogens is 331 g/mol. The highest BCUT2D eigenvalue weighted by atomic mass is 35.5. The van der Waals surface area contributed by atoms with E-state index in [-0.39, 0.29) is 5.91 Å². The number of halogens is 2. The summed E-state index contributed by atoms with van der Waals surface area (Å²) < 4.78 is 0. The largest absolute Gasteiger partial charge is 0.370 e. The zero-order valence-corrected chi connectivity index (χ0v) is 14.2. The third kappa shape index (κ3) is 3.98. The van der Waals surface area contributed by atoms with Crippen molar-refractivity contribution in [3.8, 4) is 0 Å². The molecule has 0 spiro atoms. The maximum atomic E-state index is 12.5. The molecule has 0 atom stereocenters. The number of hydrogen-bond donors (Lipinski definition) is 1. The van der Waals surface area contributed by atoms with Gasteiger partial charge in [0.15, 0.2) is 0 Å². The molecule has 5 heteroatoms. The maximum Gasteiger partial charge on any atom is 0.255 e. The summed E-state index contributed by atoms with van der Waals surface area (Å²) >= 11 is 12.1. The van der Waals surface area contributed by atoms with Gasteiger partial charge in [0.25, 0.3) is 5.91 Å². The number of carbonyl (C=O) groups is 1. The summed E-state index contributed by atoms with van der Waals surface area (Å²) in [5, 5.41) is 4.11. The van der Waals surface area contributed by atoms with E-state index < -0.39 is 0 Å². The lowest BCUT2D eigenvalue weighted by molar-refractivity contribution is 0.102. The second-order valence-electron chi connectivity index (χ2n) is 5.67. The van der Waals surface area contributed by atoms with Crippen LogP contribution in [0.2, 0.25) is 10.0 Å². The third-order valence-corrected chi connectivity index (χ3v) is 4.46. The van der Waals surface area contributed by atoms with Gasteiger partial charge in [-0.15, -0.1) is 0 Å². The second kappa shape index (κ2) is 7.24. The Bertz CT molecular complexity index is 712. The summed E-state index contributed by atoms with van der Waals surface area (Å²) in [5.41, 5.74) is 2.29. The van der Waals surface area contributed by atoms with Crippen molar-refractivity contribution in [2.24, 2.45) is 0 Å². The third-order valence-electron chi connectivity index (χ3n) is 3.99. The van der Waals surface area contributed by atoms with E-state index in [1.807, 2.05) is 12.1 Å². The molecule has 1 aliphatic rings. The molecule has 120 valence electrons. The number of nitrogens with one attached hydrogen (secondary N) is 1. The van der Waals surface area contributed by atoms with Crippen LogP contribution < -0.4 is 10.2 Å². The number of hydrogen-bond acceptors (Lipinski definition) is 2. The second-order valence-corrected chi connectivity index (χ2v) is 6.55. The SMILES string of the molecule is O=C(Nc1cc(Cl)ccc1N1CCCCC1)c1cccc(Cl)c1. The van der Waals surface area contributed by atoms with Crippen LogP contribution >= 0.6 is 23.2 Å².